The summed E-state index contributed by atoms with van der Waals surface area (Å²) in [5.74, 6) is -0.778. The van der Waals surface area contributed by atoms with E-state index in [4.69, 9.17) is 9.47 Å². The van der Waals surface area contributed by atoms with E-state index in [1.54, 1.807) is 36.4 Å². The van der Waals surface area contributed by atoms with Gasteiger partial charge in [0.2, 0.25) is 5.91 Å². The summed E-state index contributed by atoms with van der Waals surface area (Å²) in [4.78, 5) is 51.7. The molecule has 0 atom stereocenters. The molecule has 0 spiro atoms. The third kappa shape index (κ3) is 5.00. The van der Waals surface area contributed by atoms with Crippen LogP contribution in [0.2, 0.25) is 0 Å². The van der Waals surface area contributed by atoms with Gasteiger partial charge in [-0.15, -0.1) is 0 Å². The molecule has 0 unspecified atom stereocenters. The highest BCUT2D eigenvalue weighted by Crippen LogP contribution is 2.30. The molecule has 0 radical (unpaired) electrons. The van der Waals surface area contributed by atoms with Crippen molar-refractivity contribution in [3.63, 3.8) is 0 Å². The Morgan fingerprint density at radius 3 is 2.25 bits per heavy atom. The first-order chi connectivity index (χ1) is 17.4. The van der Waals surface area contributed by atoms with E-state index in [1.165, 1.54) is 13.2 Å². The third-order valence-corrected chi connectivity index (χ3v) is 5.84. The number of hydrogen-bond acceptors (Lipinski definition) is 6. The molecule has 3 aromatic carbocycles. The molecule has 0 saturated heterocycles. The van der Waals surface area contributed by atoms with E-state index in [0.717, 1.165) is 16.7 Å². The fourth-order valence-corrected chi connectivity index (χ4v) is 4.08. The Balaban J connectivity index is 1.30. The lowest BCUT2D eigenvalue weighted by atomic mass is 9.94. The van der Waals surface area contributed by atoms with Crippen LogP contribution in [0, 0.1) is 0 Å². The molecule has 4 amide bonds. The van der Waals surface area contributed by atoms with Crippen molar-refractivity contribution in [1.82, 2.24) is 15.8 Å². The number of hydrogen-bond donors (Lipinski definition) is 2. The summed E-state index contributed by atoms with van der Waals surface area (Å²) in [5, 5.41) is 1.50. The molecule has 186 valence electrons. The number of carbonyl (C=O) groups excluding carboxylic acids is 4. The number of hydrazine groups is 1. The topological polar surface area (TPSA) is 114 Å². The van der Waals surface area contributed by atoms with Crippen LogP contribution in [0.1, 0.15) is 57.3 Å². The number of carbonyl (C=O) groups is 4. The average molecular weight is 490 g/mol. The van der Waals surface area contributed by atoms with Gasteiger partial charge in [0.05, 0.1) is 13.7 Å². The Morgan fingerprint density at radius 1 is 0.917 bits per heavy atom. The molecule has 0 bridgehead atoms. The molecule has 0 aromatic heterocycles. The summed E-state index contributed by atoms with van der Waals surface area (Å²) in [5.41, 5.74) is 5.95. The predicted octanol–water partition coefficient (Wildman–Crippen LogP) is 3.47. The van der Waals surface area contributed by atoms with Gasteiger partial charge < -0.3 is 9.47 Å². The molecular formula is C27H27N3O6. The zero-order chi connectivity index (χ0) is 25.7. The van der Waals surface area contributed by atoms with Gasteiger partial charge >= 0.3 is 0 Å². The van der Waals surface area contributed by atoms with Gasteiger partial charge in [-0.25, -0.2) is 0 Å². The summed E-state index contributed by atoms with van der Waals surface area (Å²) < 4.78 is 10.9. The minimum absolute atomic E-state index is 0.0102. The fraction of sp³-hybridized carbons (Fsp3) is 0.259. The standard InChI is InChI=1S/C27H27N3O6/c1-3-15-36-21-13-12-18(16-22(21)35-2)25(32)29-28-23(31)11-6-14-30-26(33)19-9-4-7-17-8-5-10-20(24(17)19)27(30)34/h4-5,7-10,12-13,16H,3,6,11,14-15H2,1-2H3,(H,28,31)(H,29,32). The van der Waals surface area contributed by atoms with E-state index >= 15 is 0 Å². The van der Waals surface area contributed by atoms with Crippen molar-refractivity contribution in [1.29, 1.82) is 0 Å². The van der Waals surface area contributed by atoms with Crippen molar-refractivity contribution in [3.05, 3.63) is 71.3 Å². The zero-order valence-electron chi connectivity index (χ0n) is 20.1. The maximum absolute atomic E-state index is 12.9. The second-order valence-electron chi connectivity index (χ2n) is 8.29. The Bertz CT molecular complexity index is 1290. The van der Waals surface area contributed by atoms with Crippen LogP contribution >= 0.6 is 0 Å². The van der Waals surface area contributed by atoms with Gasteiger partial charge in [-0.3, -0.25) is 34.9 Å². The predicted molar refractivity (Wildman–Crippen MR) is 133 cm³/mol. The molecule has 4 rings (SSSR count). The van der Waals surface area contributed by atoms with Crippen LogP contribution < -0.4 is 20.3 Å². The van der Waals surface area contributed by atoms with Gasteiger partial charge in [0.15, 0.2) is 11.5 Å². The number of methoxy groups -OCH3 is 1. The molecule has 1 aliphatic rings. The fourth-order valence-electron chi connectivity index (χ4n) is 4.08. The van der Waals surface area contributed by atoms with Crippen molar-refractivity contribution >= 4 is 34.4 Å². The molecule has 1 aliphatic heterocycles. The number of amides is 4. The van der Waals surface area contributed by atoms with Gasteiger partial charge in [-0.05, 0) is 48.6 Å². The van der Waals surface area contributed by atoms with Crippen LogP contribution in [0.4, 0.5) is 0 Å². The molecule has 0 fully saturated rings. The quantitative estimate of drug-likeness (QED) is 0.351. The van der Waals surface area contributed by atoms with E-state index in [2.05, 4.69) is 10.9 Å². The van der Waals surface area contributed by atoms with Crippen LogP contribution in [0.15, 0.2) is 54.6 Å². The van der Waals surface area contributed by atoms with E-state index in [-0.39, 0.29) is 36.8 Å². The summed E-state index contributed by atoms with van der Waals surface area (Å²) >= 11 is 0. The van der Waals surface area contributed by atoms with Crippen LogP contribution in [0.3, 0.4) is 0 Å². The number of rotatable bonds is 9. The van der Waals surface area contributed by atoms with E-state index in [9.17, 15) is 19.2 Å². The van der Waals surface area contributed by atoms with Gasteiger partial charge in [-0.2, -0.15) is 0 Å². The summed E-state index contributed by atoms with van der Waals surface area (Å²) in [7, 11) is 1.48. The first kappa shape index (κ1) is 24.7. The molecule has 0 saturated carbocycles. The van der Waals surface area contributed by atoms with Crippen molar-refractivity contribution in [2.45, 2.75) is 26.2 Å². The molecular weight excluding hydrogens is 462 g/mol. The molecule has 9 heteroatoms. The summed E-state index contributed by atoms with van der Waals surface area (Å²) in [6.45, 7) is 2.59. The maximum atomic E-state index is 12.9. The van der Waals surface area contributed by atoms with Crippen molar-refractivity contribution < 1.29 is 28.7 Å². The molecule has 1 heterocycles. The van der Waals surface area contributed by atoms with E-state index < -0.39 is 11.8 Å². The highest BCUT2D eigenvalue weighted by Gasteiger charge is 2.32. The average Bonchev–Trinajstić information content (AvgIpc) is 2.90. The maximum Gasteiger partial charge on any atom is 0.269 e. The summed E-state index contributed by atoms with van der Waals surface area (Å²) in [6.07, 6.45) is 1.09. The minimum atomic E-state index is -0.519. The number of ether oxygens (including phenoxy) is 2. The van der Waals surface area contributed by atoms with Gasteiger partial charge in [0.1, 0.15) is 0 Å². The highest BCUT2D eigenvalue weighted by atomic mass is 16.5. The molecule has 2 N–H and O–H groups in total. The van der Waals surface area contributed by atoms with Gasteiger partial charge in [0.25, 0.3) is 17.7 Å². The third-order valence-electron chi connectivity index (χ3n) is 5.84. The minimum Gasteiger partial charge on any atom is -0.493 e. The Hall–Kier alpha value is -4.40. The van der Waals surface area contributed by atoms with Gasteiger partial charge in [0, 0.05) is 35.0 Å². The Kier molecular flexibility index (Phi) is 7.48. The van der Waals surface area contributed by atoms with Gasteiger partial charge in [-0.1, -0.05) is 31.2 Å². The van der Waals surface area contributed by atoms with E-state index in [0.29, 0.717) is 34.6 Å². The first-order valence-electron chi connectivity index (χ1n) is 11.7. The molecule has 0 aliphatic carbocycles. The zero-order valence-corrected chi connectivity index (χ0v) is 20.1. The molecule has 3 aromatic rings. The van der Waals surface area contributed by atoms with Crippen LogP contribution in [0.25, 0.3) is 10.8 Å². The largest absolute Gasteiger partial charge is 0.493 e. The number of nitrogens with zero attached hydrogens (tertiary/aromatic N) is 1. The van der Waals surface area contributed by atoms with Crippen LogP contribution in [-0.4, -0.2) is 48.8 Å². The van der Waals surface area contributed by atoms with Crippen molar-refractivity contribution in [2.75, 3.05) is 20.3 Å². The Morgan fingerprint density at radius 2 is 1.61 bits per heavy atom. The SMILES string of the molecule is CCCOc1ccc(C(=O)NNC(=O)CCCN2C(=O)c3cccc4cccc(c34)C2=O)cc1OC. The summed E-state index contributed by atoms with van der Waals surface area (Å²) in [6, 6.07) is 15.4. The number of benzene rings is 3. The van der Waals surface area contributed by atoms with E-state index in [1.807, 2.05) is 19.1 Å². The lowest BCUT2D eigenvalue weighted by molar-refractivity contribution is -0.122. The lowest BCUT2D eigenvalue weighted by Crippen LogP contribution is -2.43. The lowest BCUT2D eigenvalue weighted by Gasteiger charge is -2.27. The molecule has 9 nitrogen and oxygen atoms in total. The normalized spacial score (nSPS) is 12.4. The van der Waals surface area contributed by atoms with Crippen molar-refractivity contribution in [3.8, 4) is 11.5 Å². The smallest absolute Gasteiger partial charge is 0.269 e. The highest BCUT2D eigenvalue weighted by molar-refractivity contribution is 6.25. The van der Waals surface area contributed by atoms with Crippen LogP contribution in [-0.2, 0) is 4.79 Å². The second-order valence-corrected chi connectivity index (χ2v) is 8.29. The number of nitrogens with one attached hydrogen (secondary N) is 2. The monoisotopic (exact) mass is 489 g/mol. The second kappa shape index (κ2) is 10.9. The molecule has 36 heavy (non-hydrogen) atoms. The number of imide groups is 1. The first-order valence-corrected chi connectivity index (χ1v) is 11.7. The van der Waals surface area contributed by atoms with Crippen LogP contribution in [0.5, 0.6) is 11.5 Å². The Labute approximate surface area is 208 Å². The van der Waals surface area contributed by atoms with Crippen molar-refractivity contribution in [2.24, 2.45) is 0 Å².